The number of hydrogen-bond acceptors (Lipinski definition) is 6. The van der Waals surface area contributed by atoms with Gasteiger partial charge in [0.1, 0.15) is 11.6 Å². The first-order chi connectivity index (χ1) is 14.6. The van der Waals surface area contributed by atoms with Gasteiger partial charge in [0.15, 0.2) is 5.65 Å². The zero-order valence-electron chi connectivity index (χ0n) is 18.0. The van der Waals surface area contributed by atoms with Gasteiger partial charge in [0.2, 0.25) is 0 Å². The molecule has 0 aliphatic carbocycles. The van der Waals surface area contributed by atoms with Crippen LogP contribution in [0.1, 0.15) is 56.7 Å². The number of rotatable bonds is 8. The van der Waals surface area contributed by atoms with Crippen LogP contribution in [0.3, 0.4) is 0 Å². The summed E-state index contributed by atoms with van der Waals surface area (Å²) in [6.07, 6.45) is 3.57. The number of fused-ring (bicyclic) bond motifs is 1. The van der Waals surface area contributed by atoms with Gasteiger partial charge in [-0.1, -0.05) is 57.5 Å². The van der Waals surface area contributed by atoms with Gasteiger partial charge in [-0.3, -0.25) is 0 Å². The summed E-state index contributed by atoms with van der Waals surface area (Å²) >= 11 is 0. The third-order valence-corrected chi connectivity index (χ3v) is 5.74. The van der Waals surface area contributed by atoms with Crippen molar-refractivity contribution in [1.82, 2.24) is 19.9 Å². The van der Waals surface area contributed by atoms with E-state index in [0.29, 0.717) is 12.5 Å². The van der Waals surface area contributed by atoms with Crippen LogP contribution in [0.25, 0.3) is 5.65 Å². The number of nitrogens with one attached hydrogen (secondary N) is 3. The molecular weight excluding hydrogens is 376 g/mol. The number of aromatic nitrogens is 3. The lowest BCUT2D eigenvalue weighted by molar-refractivity contribution is 0.185. The molecule has 7 nitrogen and oxygen atoms in total. The van der Waals surface area contributed by atoms with Crippen LogP contribution in [-0.2, 0) is 0 Å². The maximum atomic E-state index is 10.2. The normalized spacial score (nSPS) is 20.0. The second kappa shape index (κ2) is 9.02. The SMILES string of the molecule is CCCC(Nc1cc(N[C@H]2CNC[C@H]2O)nc2c(C(C)C)cnn12)c1ccccc1. The van der Waals surface area contributed by atoms with E-state index < -0.39 is 6.10 Å². The molecule has 0 saturated carbocycles. The van der Waals surface area contributed by atoms with Crippen molar-refractivity contribution >= 4 is 17.3 Å². The van der Waals surface area contributed by atoms with Gasteiger partial charge in [0.25, 0.3) is 0 Å². The van der Waals surface area contributed by atoms with Crippen LogP contribution in [0.4, 0.5) is 11.6 Å². The van der Waals surface area contributed by atoms with Gasteiger partial charge in [0, 0.05) is 24.7 Å². The summed E-state index contributed by atoms with van der Waals surface area (Å²) in [7, 11) is 0. The van der Waals surface area contributed by atoms with Crippen LogP contribution < -0.4 is 16.0 Å². The molecule has 4 N–H and O–H groups in total. The van der Waals surface area contributed by atoms with E-state index >= 15 is 0 Å². The average molecular weight is 409 g/mol. The summed E-state index contributed by atoms with van der Waals surface area (Å²) in [6, 6.07) is 12.6. The zero-order valence-corrected chi connectivity index (χ0v) is 18.0. The minimum Gasteiger partial charge on any atom is -0.390 e. The zero-order chi connectivity index (χ0) is 21.1. The molecule has 3 heterocycles. The van der Waals surface area contributed by atoms with Crippen LogP contribution in [0.15, 0.2) is 42.6 Å². The Morgan fingerprint density at radius 3 is 2.70 bits per heavy atom. The molecule has 3 aromatic rings. The first-order valence-corrected chi connectivity index (χ1v) is 10.9. The lowest BCUT2D eigenvalue weighted by atomic mass is 10.0. The highest BCUT2D eigenvalue weighted by atomic mass is 16.3. The van der Waals surface area contributed by atoms with Crippen molar-refractivity contribution in [3.8, 4) is 0 Å². The molecule has 0 spiro atoms. The van der Waals surface area contributed by atoms with E-state index in [1.54, 1.807) is 0 Å². The summed E-state index contributed by atoms with van der Waals surface area (Å²) in [5.41, 5.74) is 3.21. The molecule has 0 bridgehead atoms. The Labute approximate surface area is 177 Å². The summed E-state index contributed by atoms with van der Waals surface area (Å²) in [6.45, 7) is 7.82. The lowest BCUT2D eigenvalue weighted by Gasteiger charge is -2.22. The Balaban J connectivity index is 1.73. The van der Waals surface area contributed by atoms with Crippen molar-refractivity contribution in [2.75, 3.05) is 23.7 Å². The maximum absolute atomic E-state index is 10.2. The van der Waals surface area contributed by atoms with Crippen molar-refractivity contribution in [2.45, 2.75) is 57.7 Å². The molecule has 3 atom stereocenters. The fourth-order valence-electron chi connectivity index (χ4n) is 4.04. The van der Waals surface area contributed by atoms with E-state index in [0.717, 1.165) is 42.2 Å². The predicted molar refractivity (Wildman–Crippen MR) is 121 cm³/mol. The minimum atomic E-state index is -0.425. The van der Waals surface area contributed by atoms with Crippen molar-refractivity contribution in [3.05, 3.63) is 53.7 Å². The van der Waals surface area contributed by atoms with Gasteiger partial charge >= 0.3 is 0 Å². The molecule has 0 radical (unpaired) electrons. The van der Waals surface area contributed by atoms with Crippen LogP contribution in [0.2, 0.25) is 0 Å². The number of aliphatic hydroxyl groups excluding tert-OH is 1. The fourth-order valence-corrected chi connectivity index (χ4v) is 4.04. The van der Waals surface area contributed by atoms with Crippen LogP contribution >= 0.6 is 0 Å². The topological polar surface area (TPSA) is 86.5 Å². The first-order valence-electron chi connectivity index (χ1n) is 10.9. The number of anilines is 2. The van der Waals surface area contributed by atoms with E-state index in [1.807, 2.05) is 22.8 Å². The number of nitrogens with zero attached hydrogens (tertiary/aromatic N) is 3. The summed E-state index contributed by atoms with van der Waals surface area (Å²) in [5, 5.41) is 25.2. The van der Waals surface area contributed by atoms with Crippen molar-refractivity contribution in [1.29, 1.82) is 0 Å². The van der Waals surface area contributed by atoms with Gasteiger partial charge in [-0.2, -0.15) is 9.61 Å². The Hall–Kier alpha value is -2.64. The second-order valence-electron chi connectivity index (χ2n) is 8.39. The smallest absolute Gasteiger partial charge is 0.163 e. The molecule has 0 amide bonds. The number of β-amino-alcohol motifs (C(OH)–C–C–N with tert-alkyl or cyclic N) is 1. The van der Waals surface area contributed by atoms with Gasteiger partial charge < -0.3 is 21.1 Å². The molecule has 30 heavy (non-hydrogen) atoms. The standard InChI is InChI=1S/C23H32N6O/c1-4-8-18(16-9-6-5-7-10-16)27-22-11-21(26-19-13-24-14-20(19)30)28-23-17(15(2)3)12-25-29(22)23/h5-7,9-12,15,18-20,24,27,30H,4,8,13-14H2,1-3H3,(H,26,28)/t18?,19-,20+/m0/s1. The van der Waals surface area contributed by atoms with E-state index in [2.05, 4.69) is 66.1 Å². The Bertz CT molecular complexity index is 970. The Morgan fingerprint density at radius 2 is 2.03 bits per heavy atom. The van der Waals surface area contributed by atoms with Gasteiger partial charge in [-0.25, -0.2) is 4.98 Å². The van der Waals surface area contributed by atoms with E-state index in [-0.39, 0.29) is 12.1 Å². The third kappa shape index (κ3) is 4.27. The summed E-state index contributed by atoms with van der Waals surface area (Å²) in [4.78, 5) is 4.85. The van der Waals surface area contributed by atoms with Crippen LogP contribution in [-0.4, -0.2) is 44.9 Å². The molecule has 1 saturated heterocycles. The molecular formula is C23H32N6O. The van der Waals surface area contributed by atoms with Gasteiger partial charge in [-0.05, 0) is 17.9 Å². The van der Waals surface area contributed by atoms with E-state index in [1.165, 1.54) is 5.56 Å². The highest BCUT2D eigenvalue weighted by molar-refractivity contribution is 5.61. The largest absolute Gasteiger partial charge is 0.390 e. The molecule has 2 aromatic heterocycles. The van der Waals surface area contributed by atoms with E-state index in [4.69, 9.17) is 4.98 Å². The molecule has 1 fully saturated rings. The maximum Gasteiger partial charge on any atom is 0.163 e. The summed E-state index contributed by atoms with van der Waals surface area (Å²) < 4.78 is 1.90. The Kier molecular flexibility index (Phi) is 6.20. The highest BCUT2D eigenvalue weighted by Crippen LogP contribution is 2.28. The highest BCUT2D eigenvalue weighted by Gasteiger charge is 2.26. The average Bonchev–Trinajstić information content (AvgIpc) is 3.35. The quantitative estimate of drug-likeness (QED) is 0.456. The third-order valence-electron chi connectivity index (χ3n) is 5.74. The monoisotopic (exact) mass is 408 g/mol. The van der Waals surface area contributed by atoms with Gasteiger partial charge in [0.05, 0.1) is 24.4 Å². The second-order valence-corrected chi connectivity index (χ2v) is 8.39. The number of benzene rings is 1. The number of aliphatic hydroxyl groups is 1. The predicted octanol–water partition coefficient (Wildman–Crippen LogP) is 3.55. The molecule has 160 valence electrons. The van der Waals surface area contributed by atoms with E-state index in [9.17, 15) is 5.11 Å². The van der Waals surface area contributed by atoms with Crippen molar-refractivity contribution < 1.29 is 5.11 Å². The van der Waals surface area contributed by atoms with Crippen molar-refractivity contribution in [3.63, 3.8) is 0 Å². The summed E-state index contributed by atoms with van der Waals surface area (Å²) in [5.74, 6) is 1.97. The first kappa shape index (κ1) is 20.6. The van der Waals surface area contributed by atoms with Gasteiger partial charge in [-0.15, -0.1) is 0 Å². The molecule has 1 aliphatic rings. The molecule has 1 unspecified atom stereocenters. The molecule has 7 heteroatoms. The fraction of sp³-hybridized carbons (Fsp3) is 0.478. The Morgan fingerprint density at radius 1 is 1.23 bits per heavy atom. The minimum absolute atomic E-state index is 0.0567. The molecule has 1 aromatic carbocycles. The number of hydrogen-bond donors (Lipinski definition) is 4. The van der Waals surface area contributed by atoms with Crippen LogP contribution in [0, 0.1) is 0 Å². The lowest BCUT2D eigenvalue weighted by Crippen LogP contribution is -2.32. The van der Waals surface area contributed by atoms with Crippen LogP contribution in [0.5, 0.6) is 0 Å². The van der Waals surface area contributed by atoms with Crippen molar-refractivity contribution in [2.24, 2.45) is 0 Å². The molecule has 1 aliphatic heterocycles. The molecule has 4 rings (SSSR count).